The van der Waals surface area contributed by atoms with Crippen molar-refractivity contribution < 1.29 is 14.3 Å². The molecule has 0 bridgehead atoms. The van der Waals surface area contributed by atoms with Crippen molar-refractivity contribution in [2.75, 3.05) is 20.7 Å². The zero-order valence-corrected chi connectivity index (χ0v) is 12.3. The van der Waals surface area contributed by atoms with Gasteiger partial charge in [-0.25, -0.2) is 4.79 Å². The Bertz CT molecular complexity index is 537. The molecule has 6 heteroatoms. The minimum Gasteiger partial charge on any atom is -0.453 e. The van der Waals surface area contributed by atoms with Gasteiger partial charge in [-0.1, -0.05) is 12.1 Å². The third-order valence-electron chi connectivity index (χ3n) is 2.92. The van der Waals surface area contributed by atoms with E-state index in [0.717, 1.165) is 5.56 Å². The van der Waals surface area contributed by atoms with Gasteiger partial charge in [0.25, 0.3) is 0 Å². The Hall–Kier alpha value is -2.55. The molecule has 6 nitrogen and oxygen atoms in total. The van der Waals surface area contributed by atoms with Gasteiger partial charge >= 0.3 is 6.09 Å². The number of alkyl carbamates (subject to hydrolysis) is 1. The topological polar surface area (TPSA) is 82.4 Å². The number of hydrogen-bond donors (Lipinski definition) is 1. The number of carbonyl (C=O) groups excluding carboxylic acids is 2. The van der Waals surface area contributed by atoms with Crippen molar-refractivity contribution in [3.63, 3.8) is 0 Å². The van der Waals surface area contributed by atoms with Crippen LogP contribution in [0.4, 0.5) is 4.79 Å². The Labute approximate surface area is 124 Å². The Morgan fingerprint density at radius 1 is 1.43 bits per heavy atom. The zero-order valence-electron chi connectivity index (χ0n) is 12.3. The first-order valence-electron chi connectivity index (χ1n) is 6.61. The second-order valence-electron chi connectivity index (χ2n) is 4.58. The molecule has 0 unspecified atom stereocenters. The highest BCUT2D eigenvalue weighted by Gasteiger charge is 2.09. The van der Waals surface area contributed by atoms with Gasteiger partial charge in [-0.2, -0.15) is 5.26 Å². The SMILES string of the molecule is COC(=O)NCCCC(=O)N(C)Cc1cccc(C#N)c1. The lowest BCUT2D eigenvalue weighted by Gasteiger charge is -2.17. The molecule has 0 radical (unpaired) electrons. The van der Waals surface area contributed by atoms with Crippen LogP contribution in [-0.2, 0) is 16.1 Å². The summed E-state index contributed by atoms with van der Waals surface area (Å²) in [5.41, 5.74) is 1.49. The normalized spacial score (nSPS) is 9.57. The van der Waals surface area contributed by atoms with Crippen LogP contribution in [0.2, 0.25) is 0 Å². The maximum absolute atomic E-state index is 11.9. The molecule has 0 spiro atoms. The average Bonchev–Trinajstić information content (AvgIpc) is 2.51. The monoisotopic (exact) mass is 289 g/mol. The van der Waals surface area contributed by atoms with Crippen molar-refractivity contribution in [1.82, 2.24) is 10.2 Å². The summed E-state index contributed by atoms with van der Waals surface area (Å²) in [5, 5.41) is 11.4. The summed E-state index contributed by atoms with van der Waals surface area (Å²) in [6.45, 7) is 0.856. The highest BCUT2D eigenvalue weighted by molar-refractivity contribution is 5.76. The Morgan fingerprint density at radius 2 is 2.19 bits per heavy atom. The van der Waals surface area contributed by atoms with Crippen molar-refractivity contribution in [3.05, 3.63) is 35.4 Å². The minimum atomic E-state index is -0.496. The summed E-state index contributed by atoms with van der Waals surface area (Å²) in [6.07, 6.45) is 0.402. The Balaban J connectivity index is 2.37. The van der Waals surface area contributed by atoms with E-state index >= 15 is 0 Å². The van der Waals surface area contributed by atoms with E-state index in [1.807, 2.05) is 6.07 Å². The van der Waals surface area contributed by atoms with Crippen LogP contribution in [0.3, 0.4) is 0 Å². The van der Waals surface area contributed by atoms with Crippen LogP contribution in [0.5, 0.6) is 0 Å². The average molecular weight is 289 g/mol. The summed E-state index contributed by atoms with van der Waals surface area (Å²) in [6, 6.07) is 9.24. The highest BCUT2D eigenvalue weighted by Crippen LogP contribution is 2.08. The van der Waals surface area contributed by atoms with Crippen LogP contribution in [-0.4, -0.2) is 37.6 Å². The summed E-state index contributed by atoms with van der Waals surface area (Å²) in [5.74, 6) is -0.0102. The van der Waals surface area contributed by atoms with Gasteiger partial charge in [0.2, 0.25) is 5.91 Å². The molecule has 0 heterocycles. The maximum Gasteiger partial charge on any atom is 0.406 e. The number of amides is 2. The fourth-order valence-corrected chi connectivity index (χ4v) is 1.79. The maximum atomic E-state index is 11.9. The Kier molecular flexibility index (Phi) is 6.75. The van der Waals surface area contributed by atoms with Crippen molar-refractivity contribution in [2.24, 2.45) is 0 Å². The van der Waals surface area contributed by atoms with Gasteiger partial charge in [0.1, 0.15) is 0 Å². The molecule has 0 aliphatic carbocycles. The first kappa shape index (κ1) is 16.5. The molecular weight excluding hydrogens is 270 g/mol. The largest absolute Gasteiger partial charge is 0.453 e. The van der Waals surface area contributed by atoms with Gasteiger partial charge in [0, 0.05) is 26.6 Å². The lowest BCUT2D eigenvalue weighted by atomic mass is 10.1. The van der Waals surface area contributed by atoms with E-state index in [1.165, 1.54) is 7.11 Å². The molecule has 0 aliphatic rings. The molecule has 1 rings (SSSR count). The minimum absolute atomic E-state index is 0.0102. The van der Waals surface area contributed by atoms with E-state index in [1.54, 1.807) is 30.1 Å². The highest BCUT2D eigenvalue weighted by atomic mass is 16.5. The molecule has 1 aromatic rings. The lowest BCUT2D eigenvalue weighted by molar-refractivity contribution is -0.130. The number of methoxy groups -OCH3 is 1. The van der Waals surface area contributed by atoms with E-state index < -0.39 is 6.09 Å². The van der Waals surface area contributed by atoms with Gasteiger partial charge in [-0.05, 0) is 24.1 Å². The van der Waals surface area contributed by atoms with E-state index in [2.05, 4.69) is 16.1 Å². The predicted octanol–water partition coefficient (Wildman–Crippen LogP) is 1.65. The molecule has 112 valence electrons. The lowest BCUT2D eigenvalue weighted by Crippen LogP contribution is -2.28. The summed E-state index contributed by atoms with van der Waals surface area (Å²) >= 11 is 0. The molecule has 0 aromatic heterocycles. The molecule has 1 N–H and O–H groups in total. The second kappa shape index (κ2) is 8.59. The van der Waals surface area contributed by atoms with Gasteiger partial charge in [-0.15, -0.1) is 0 Å². The van der Waals surface area contributed by atoms with Crippen molar-refractivity contribution in [2.45, 2.75) is 19.4 Å². The summed E-state index contributed by atoms with van der Waals surface area (Å²) in [4.78, 5) is 24.4. The summed E-state index contributed by atoms with van der Waals surface area (Å²) < 4.78 is 4.43. The second-order valence-corrected chi connectivity index (χ2v) is 4.58. The zero-order chi connectivity index (χ0) is 15.7. The molecule has 0 fully saturated rings. The third-order valence-corrected chi connectivity index (χ3v) is 2.92. The number of hydrogen-bond acceptors (Lipinski definition) is 4. The number of ether oxygens (including phenoxy) is 1. The van der Waals surface area contributed by atoms with Gasteiger partial charge < -0.3 is 15.0 Å². The number of carbonyl (C=O) groups is 2. The fourth-order valence-electron chi connectivity index (χ4n) is 1.79. The van der Waals surface area contributed by atoms with Crippen LogP contribution in [0.1, 0.15) is 24.0 Å². The quantitative estimate of drug-likeness (QED) is 0.807. The molecule has 2 amide bonds. The molecule has 21 heavy (non-hydrogen) atoms. The van der Waals surface area contributed by atoms with Crippen LogP contribution in [0.25, 0.3) is 0 Å². The molecule has 0 aliphatic heterocycles. The molecule has 0 atom stereocenters. The molecule has 0 saturated heterocycles. The molecule has 1 aromatic carbocycles. The predicted molar refractivity (Wildman–Crippen MR) is 77.3 cm³/mol. The van der Waals surface area contributed by atoms with E-state index in [-0.39, 0.29) is 5.91 Å². The van der Waals surface area contributed by atoms with Gasteiger partial charge in [0.15, 0.2) is 0 Å². The summed E-state index contributed by atoms with van der Waals surface area (Å²) in [7, 11) is 3.01. The number of nitriles is 1. The third kappa shape index (κ3) is 5.95. The first-order chi connectivity index (χ1) is 10.1. The van der Waals surface area contributed by atoms with Crippen LogP contribution in [0.15, 0.2) is 24.3 Å². The van der Waals surface area contributed by atoms with E-state index in [9.17, 15) is 9.59 Å². The van der Waals surface area contributed by atoms with Gasteiger partial charge in [-0.3, -0.25) is 4.79 Å². The fraction of sp³-hybridized carbons (Fsp3) is 0.400. The van der Waals surface area contributed by atoms with Crippen molar-refractivity contribution in [1.29, 1.82) is 5.26 Å². The Morgan fingerprint density at radius 3 is 2.86 bits per heavy atom. The molecule has 0 saturated carbocycles. The van der Waals surface area contributed by atoms with E-state index in [4.69, 9.17) is 5.26 Å². The number of nitrogens with zero attached hydrogens (tertiary/aromatic N) is 2. The van der Waals surface area contributed by atoms with E-state index in [0.29, 0.717) is 31.5 Å². The van der Waals surface area contributed by atoms with Crippen molar-refractivity contribution in [3.8, 4) is 6.07 Å². The first-order valence-corrected chi connectivity index (χ1v) is 6.61. The molecular formula is C15H19N3O3. The van der Waals surface area contributed by atoms with Crippen LogP contribution in [0, 0.1) is 11.3 Å². The van der Waals surface area contributed by atoms with Crippen LogP contribution >= 0.6 is 0 Å². The van der Waals surface area contributed by atoms with Gasteiger partial charge in [0.05, 0.1) is 18.7 Å². The standard InChI is InChI=1S/C15H19N3O3/c1-18(11-13-6-3-5-12(9-13)10-16)14(19)7-4-8-17-15(20)21-2/h3,5-6,9H,4,7-8,11H2,1-2H3,(H,17,20). The number of nitrogens with one attached hydrogen (secondary N) is 1. The van der Waals surface area contributed by atoms with Crippen LogP contribution < -0.4 is 5.32 Å². The number of rotatable bonds is 6. The van der Waals surface area contributed by atoms with Crippen molar-refractivity contribution >= 4 is 12.0 Å². The smallest absolute Gasteiger partial charge is 0.406 e. The number of benzene rings is 1.